The third-order valence-corrected chi connectivity index (χ3v) is 3.00. The normalized spacial score (nSPS) is 10.1. The lowest BCUT2D eigenvalue weighted by Crippen LogP contribution is -1.99. The van der Waals surface area contributed by atoms with Crippen LogP contribution in [0.5, 0.6) is 11.5 Å². The molecule has 2 aromatic rings. The summed E-state index contributed by atoms with van der Waals surface area (Å²) in [5.41, 5.74) is 7.50. The number of rotatable bonds is 4. The van der Waals surface area contributed by atoms with E-state index in [1.165, 1.54) is 0 Å². The number of methoxy groups -OCH3 is 1. The van der Waals surface area contributed by atoms with Gasteiger partial charge in [0.15, 0.2) is 0 Å². The molecule has 0 aromatic heterocycles. The summed E-state index contributed by atoms with van der Waals surface area (Å²) >= 11 is 3.39. The molecule has 0 spiro atoms. The summed E-state index contributed by atoms with van der Waals surface area (Å²) < 4.78 is 11.8. The van der Waals surface area contributed by atoms with Gasteiger partial charge in [0.2, 0.25) is 0 Å². The first-order chi connectivity index (χ1) is 8.69. The van der Waals surface area contributed by atoms with Crippen LogP contribution in [0.1, 0.15) is 5.56 Å². The molecule has 0 radical (unpaired) electrons. The highest BCUT2D eigenvalue weighted by atomic mass is 79.9. The van der Waals surface area contributed by atoms with Gasteiger partial charge in [-0.1, -0.05) is 28.1 Å². The maximum absolute atomic E-state index is 5.84. The van der Waals surface area contributed by atoms with Crippen molar-refractivity contribution in [1.29, 1.82) is 0 Å². The van der Waals surface area contributed by atoms with Gasteiger partial charge in [-0.2, -0.15) is 0 Å². The molecule has 2 rings (SSSR count). The third-order valence-electron chi connectivity index (χ3n) is 2.50. The Kier molecular flexibility index (Phi) is 4.10. The van der Waals surface area contributed by atoms with Crippen LogP contribution in [0.25, 0.3) is 0 Å². The molecule has 0 atom stereocenters. The molecule has 2 N–H and O–H groups in total. The Morgan fingerprint density at radius 3 is 2.78 bits per heavy atom. The SMILES string of the molecule is COc1cccc(COc2cc(Br)ccc2N)c1. The van der Waals surface area contributed by atoms with Gasteiger partial charge >= 0.3 is 0 Å². The molecule has 4 heteroatoms. The van der Waals surface area contributed by atoms with Crippen molar-refractivity contribution < 1.29 is 9.47 Å². The van der Waals surface area contributed by atoms with Crippen LogP contribution in [0.2, 0.25) is 0 Å². The number of benzene rings is 2. The largest absolute Gasteiger partial charge is 0.497 e. The lowest BCUT2D eigenvalue weighted by molar-refractivity contribution is 0.306. The molecule has 0 aliphatic carbocycles. The maximum Gasteiger partial charge on any atom is 0.143 e. The first-order valence-corrected chi connectivity index (χ1v) is 6.29. The Morgan fingerprint density at radius 1 is 1.17 bits per heavy atom. The number of nitrogens with two attached hydrogens (primary N) is 1. The van der Waals surface area contributed by atoms with Crippen molar-refractivity contribution in [2.24, 2.45) is 0 Å². The molecule has 0 aliphatic rings. The van der Waals surface area contributed by atoms with Crippen LogP contribution in [0.3, 0.4) is 0 Å². The van der Waals surface area contributed by atoms with Crippen molar-refractivity contribution in [2.45, 2.75) is 6.61 Å². The summed E-state index contributed by atoms with van der Waals surface area (Å²) in [4.78, 5) is 0. The number of anilines is 1. The number of hydrogen-bond donors (Lipinski definition) is 1. The molecule has 94 valence electrons. The zero-order chi connectivity index (χ0) is 13.0. The highest BCUT2D eigenvalue weighted by Crippen LogP contribution is 2.26. The fourth-order valence-corrected chi connectivity index (χ4v) is 1.90. The molecule has 0 fully saturated rings. The summed E-state index contributed by atoms with van der Waals surface area (Å²) in [7, 11) is 1.65. The summed E-state index contributed by atoms with van der Waals surface area (Å²) in [6, 6.07) is 13.3. The molecule has 18 heavy (non-hydrogen) atoms. The van der Waals surface area contributed by atoms with E-state index in [9.17, 15) is 0 Å². The van der Waals surface area contributed by atoms with E-state index in [0.717, 1.165) is 15.8 Å². The van der Waals surface area contributed by atoms with Crippen LogP contribution >= 0.6 is 15.9 Å². The van der Waals surface area contributed by atoms with Crippen molar-refractivity contribution in [3.05, 3.63) is 52.5 Å². The smallest absolute Gasteiger partial charge is 0.143 e. The predicted molar refractivity (Wildman–Crippen MR) is 75.9 cm³/mol. The number of hydrogen-bond acceptors (Lipinski definition) is 3. The molecule has 0 saturated heterocycles. The van der Waals surface area contributed by atoms with Crippen molar-refractivity contribution in [3.63, 3.8) is 0 Å². The molecule has 0 aliphatic heterocycles. The Hall–Kier alpha value is -1.68. The number of halogens is 1. The van der Waals surface area contributed by atoms with Crippen LogP contribution in [0.15, 0.2) is 46.9 Å². The predicted octanol–water partition coefficient (Wildman–Crippen LogP) is 3.62. The highest BCUT2D eigenvalue weighted by Gasteiger charge is 2.02. The van der Waals surface area contributed by atoms with Crippen molar-refractivity contribution in [3.8, 4) is 11.5 Å². The molecule has 0 amide bonds. The van der Waals surface area contributed by atoms with Gasteiger partial charge in [0.25, 0.3) is 0 Å². The summed E-state index contributed by atoms with van der Waals surface area (Å²) in [5.74, 6) is 1.49. The van der Waals surface area contributed by atoms with Gasteiger partial charge in [0.1, 0.15) is 18.1 Å². The first-order valence-electron chi connectivity index (χ1n) is 5.50. The molecular weight excluding hydrogens is 294 g/mol. The zero-order valence-corrected chi connectivity index (χ0v) is 11.6. The summed E-state index contributed by atoms with van der Waals surface area (Å²) in [5, 5.41) is 0. The van der Waals surface area contributed by atoms with Crippen molar-refractivity contribution in [1.82, 2.24) is 0 Å². The average Bonchev–Trinajstić information content (AvgIpc) is 2.40. The lowest BCUT2D eigenvalue weighted by Gasteiger charge is -2.10. The minimum atomic E-state index is 0.456. The second-order valence-corrected chi connectivity index (χ2v) is 4.74. The molecular formula is C14H14BrNO2. The summed E-state index contributed by atoms with van der Waals surface area (Å²) in [6.45, 7) is 0.456. The molecule has 3 nitrogen and oxygen atoms in total. The van der Waals surface area contributed by atoms with Gasteiger partial charge in [0.05, 0.1) is 12.8 Å². The van der Waals surface area contributed by atoms with Crippen LogP contribution in [0.4, 0.5) is 5.69 Å². The van der Waals surface area contributed by atoms with Gasteiger partial charge in [0, 0.05) is 4.47 Å². The van der Waals surface area contributed by atoms with E-state index >= 15 is 0 Å². The fraction of sp³-hybridized carbons (Fsp3) is 0.143. The molecule has 0 bridgehead atoms. The second kappa shape index (κ2) is 5.78. The van der Waals surface area contributed by atoms with E-state index in [1.807, 2.05) is 42.5 Å². The number of nitrogen functional groups attached to an aromatic ring is 1. The van der Waals surface area contributed by atoms with Crippen LogP contribution in [0, 0.1) is 0 Å². The van der Waals surface area contributed by atoms with Crippen molar-refractivity contribution >= 4 is 21.6 Å². The van der Waals surface area contributed by atoms with Crippen LogP contribution in [-0.4, -0.2) is 7.11 Å². The van der Waals surface area contributed by atoms with E-state index in [2.05, 4.69) is 15.9 Å². The van der Waals surface area contributed by atoms with E-state index in [1.54, 1.807) is 7.11 Å². The second-order valence-electron chi connectivity index (χ2n) is 3.82. The fourth-order valence-electron chi connectivity index (χ4n) is 1.56. The lowest BCUT2D eigenvalue weighted by atomic mass is 10.2. The number of ether oxygens (including phenoxy) is 2. The topological polar surface area (TPSA) is 44.5 Å². The van der Waals surface area contributed by atoms with Crippen molar-refractivity contribution in [2.75, 3.05) is 12.8 Å². The first kappa shape index (κ1) is 12.8. The summed E-state index contributed by atoms with van der Waals surface area (Å²) in [6.07, 6.45) is 0. The van der Waals surface area contributed by atoms with E-state index in [-0.39, 0.29) is 0 Å². The van der Waals surface area contributed by atoms with E-state index < -0.39 is 0 Å². The molecule has 2 aromatic carbocycles. The Morgan fingerprint density at radius 2 is 2.00 bits per heavy atom. The molecule has 0 saturated carbocycles. The van der Waals surface area contributed by atoms with Gasteiger partial charge < -0.3 is 15.2 Å². The van der Waals surface area contributed by atoms with Gasteiger partial charge in [-0.15, -0.1) is 0 Å². The molecule has 0 unspecified atom stereocenters. The Bertz CT molecular complexity index is 543. The van der Waals surface area contributed by atoms with Gasteiger partial charge in [-0.05, 0) is 35.9 Å². The average molecular weight is 308 g/mol. The van der Waals surface area contributed by atoms with Gasteiger partial charge in [-0.25, -0.2) is 0 Å². The molecule has 0 heterocycles. The Labute approximate surface area is 115 Å². The maximum atomic E-state index is 5.84. The van der Waals surface area contributed by atoms with Crippen LogP contribution < -0.4 is 15.2 Å². The van der Waals surface area contributed by atoms with E-state index in [4.69, 9.17) is 15.2 Å². The zero-order valence-electron chi connectivity index (χ0n) is 10.0. The monoisotopic (exact) mass is 307 g/mol. The van der Waals surface area contributed by atoms with E-state index in [0.29, 0.717) is 18.0 Å². The quantitative estimate of drug-likeness (QED) is 0.877. The Balaban J connectivity index is 2.08. The minimum absolute atomic E-state index is 0.456. The highest BCUT2D eigenvalue weighted by molar-refractivity contribution is 9.10. The standard InChI is InChI=1S/C14H14BrNO2/c1-17-12-4-2-3-10(7-12)9-18-14-8-11(15)5-6-13(14)16/h2-8H,9,16H2,1H3. The van der Waals surface area contributed by atoms with Crippen LogP contribution in [-0.2, 0) is 6.61 Å². The van der Waals surface area contributed by atoms with Gasteiger partial charge in [-0.3, -0.25) is 0 Å². The minimum Gasteiger partial charge on any atom is -0.497 e. The third kappa shape index (κ3) is 3.17.